The third-order valence-electron chi connectivity index (χ3n) is 6.34. The number of halogens is 7. The highest BCUT2D eigenvalue weighted by atomic mass is 35.5. The van der Waals surface area contributed by atoms with Crippen LogP contribution in [0.1, 0.15) is 39.6 Å². The predicted octanol–water partition coefficient (Wildman–Crippen LogP) is 5.33. The molecule has 2 aromatic heterocycles. The molecule has 0 aliphatic rings. The molecule has 1 unspecified atom stereocenters. The lowest BCUT2D eigenvalue weighted by atomic mass is 9.98. The van der Waals surface area contributed by atoms with Gasteiger partial charge >= 0.3 is 12.4 Å². The van der Waals surface area contributed by atoms with Crippen molar-refractivity contribution < 1.29 is 36.2 Å². The maximum atomic E-state index is 13.6. The summed E-state index contributed by atoms with van der Waals surface area (Å²) in [5.74, 6) is 5.98. The fourth-order valence-corrected chi connectivity index (χ4v) is 4.60. The molecule has 0 fully saturated rings. The van der Waals surface area contributed by atoms with Crippen LogP contribution in [0.3, 0.4) is 0 Å². The highest BCUT2D eigenvalue weighted by Gasteiger charge is 2.38. The normalized spacial score (nSPS) is 13.3. The van der Waals surface area contributed by atoms with Gasteiger partial charge in [-0.25, -0.2) is 4.98 Å². The number of rotatable bonds is 7. The number of nitrogens with two attached hydrogens (primary N) is 1. The minimum atomic E-state index is -5.14. The number of ether oxygens (including phenoxy) is 1. The molecule has 3 N–H and O–H groups in total. The van der Waals surface area contributed by atoms with Crippen LogP contribution < -0.4 is 16.1 Å². The molecule has 2 heterocycles. The monoisotopic (exact) mass is 613 g/mol. The van der Waals surface area contributed by atoms with Gasteiger partial charge in [0, 0.05) is 18.0 Å². The Morgan fingerprint density at radius 2 is 1.71 bits per heavy atom. The van der Waals surface area contributed by atoms with Crippen molar-refractivity contribution in [3.8, 4) is 11.4 Å². The second-order valence-electron chi connectivity index (χ2n) is 9.11. The number of aliphatic hydroxyl groups excluding tert-OH is 1. The first kappa shape index (κ1) is 30.7. The van der Waals surface area contributed by atoms with E-state index in [9.17, 15) is 36.2 Å². The SMILES string of the molecule is COc1cc(/C(=N\N)c2cc(Cl)cn(C(CO)c3cc(C(F)(F)F)cc(C(F)(F)F)c3)c2=O)ccc1-n1cnc(C)c1. The number of alkyl halides is 6. The average Bonchev–Trinajstić information content (AvgIpc) is 3.36. The summed E-state index contributed by atoms with van der Waals surface area (Å²) >= 11 is 6.24. The van der Waals surface area contributed by atoms with Crippen molar-refractivity contribution in [2.24, 2.45) is 10.9 Å². The van der Waals surface area contributed by atoms with Crippen molar-refractivity contribution in [1.82, 2.24) is 14.1 Å². The summed E-state index contributed by atoms with van der Waals surface area (Å²) in [7, 11) is 1.41. The Kier molecular flexibility index (Phi) is 8.41. The second kappa shape index (κ2) is 11.5. The summed E-state index contributed by atoms with van der Waals surface area (Å²) in [5.41, 5.74) is -3.52. The number of aryl methyl sites for hydroxylation is 1. The molecule has 4 aromatic rings. The second-order valence-corrected chi connectivity index (χ2v) is 9.55. The number of hydrogen-bond donors (Lipinski definition) is 2. The summed E-state index contributed by atoms with van der Waals surface area (Å²) in [5, 5.41) is 13.7. The van der Waals surface area contributed by atoms with Gasteiger partial charge in [0.15, 0.2) is 0 Å². The number of hydrogen-bond acceptors (Lipinski definition) is 6. The van der Waals surface area contributed by atoms with E-state index in [2.05, 4.69) is 10.1 Å². The van der Waals surface area contributed by atoms with Crippen molar-refractivity contribution in [3.63, 3.8) is 0 Å². The average molecular weight is 614 g/mol. The van der Waals surface area contributed by atoms with Gasteiger partial charge in [-0.2, -0.15) is 31.4 Å². The van der Waals surface area contributed by atoms with E-state index in [1.54, 1.807) is 36.1 Å². The van der Waals surface area contributed by atoms with Crippen molar-refractivity contribution in [2.45, 2.75) is 25.3 Å². The first-order valence-electron chi connectivity index (χ1n) is 12.0. The lowest BCUT2D eigenvalue weighted by Gasteiger charge is -2.22. The van der Waals surface area contributed by atoms with Crippen LogP contribution in [-0.4, -0.2) is 38.7 Å². The van der Waals surface area contributed by atoms with Gasteiger partial charge in [-0.1, -0.05) is 17.7 Å². The molecule has 15 heteroatoms. The summed E-state index contributed by atoms with van der Waals surface area (Å²) in [6, 6.07) is 5.05. The number of aliphatic hydroxyl groups is 1. The van der Waals surface area contributed by atoms with Crippen LogP contribution in [0.2, 0.25) is 5.02 Å². The summed E-state index contributed by atoms with van der Waals surface area (Å²) in [6.45, 7) is 0.754. The first-order chi connectivity index (χ1) is 19.7. The fourth-order valence-electron chi connectivity index (χ4n) is 4.38. The largest absolute Gasteiger partial charge is 0.495 e. The smallest absolute Gasteiger partial charge is 0.416 e. The number of nitrogens with zero attached hydrogens (tertiary/aromatic N) is 4. The van der Waals surface area contributed by atoms with E-state index >= 15 is 0 Å². The fraction of sp³-hybridized carbons (Fsp3) is 0.222. The highest BCUT2D eigenvalue weighted by Crippen LogP contribution is 2.38. The van der Waals surface area contributed by atoms with E-state index < -0.39 is 47.3 Å². The summed E-state index contributed by atoms with van der Waals surface area (Å²) in [4.78, 5) is 17.8. The molecule has 4 rings (SSSR count). The van der Waals surface area contributed by atoms with Crippen LogP contribution in [0.4, 0.5) is 26.3 Å². The predicted molar refractivity (Wildman–Crippen MR) is 142 cm³/mol. The van der Waals surface area contributed by atoms with Crippen molar-refractivity contribution in [1.29, 1.82) is 0 Å². The number of aromatic nitrogens is 3. The number of imidazole rings is 1. The van der Waals surface area contributed by atoms with E-state index in [1.165, 1.54) is 19.2 Å². The molecule has 42 heavy (non-hydrogen) atoms. The van der Waals surface area contributed by atoms with E-state index in [0.717, 1.165) is 16.5 Å². The molecule has 1 atom stereocenters. The first-order valence-corrected chi connectivity index (χ1v) is 12.3. The van der Waals surface area contributed by atoms with Gasteiger partial charge in [-0.3, -0.25) is 4.79 Å². The third kappa shape index (κ3) is 6.14. The number of benzene rings is 2. The Bertz CT molecular complexity index is 1680. The maximum absolute atomic E-state index is 13.6. The Balaban J connectivity index is 1.86. The Hall–Kier alpha value is -4.30. The van der Waals surface area contributed by atoms with E-state index in [-0.39, 0.29) is 27.9 Å². The lowest BCUT2D eigenvalue weighted by Crippen LogP contribution is -2.32. The number of methoxy groups -OCH3 is 1. The molecule has 0 spiro atoms. The Morgan fingerprint density at radius 3 is 2.21 bits per heavy atom. The van der Waals surface area contributed by atoms with Gasteiger partial charge in [0.1, 0.15) is 11.5 Å². The minimum absolute atomic E-state index is 0.0502. The van der Waals surface area contributed by atoms with Crippen LogP contribution in [0.5, 0.6) is 5.75 Å². The molecule has 0 saturated heterocycles. The Morgan fingerprint density at radius 1 is 1.07 bits per heavy atom. The van der Waals surface area contributed by atoms with Crippen molar-refractivity contribution in [3.05, 3.63) is 110 Å². The molecule has 8 nitrogen and oxygen atoms in total. The molecular formula is C27H22ClF6N5O3. The molecule has 0 bridgehead atoms. The zero-order valence-electron chi connectivity index (χ0n) is 21.8. The van der Waals surface area contributed by atoms with Gasteiger partial charge in [0.05, 0.1) is 59.2 Å². The zero-order valence-corrected chi connectivity index (χ0v) is 22.6. The van der Waals surface area contributed by atoms with E-state index in [1.807, 2.05) is 0 Å². The summed E-state index contributed by atoms with van der Waals surface area (Å²) < 4.78 is 88.8. The Labute approximate surface area is 239 Å². The van der Waals surface area contributed by atoms with Crippen LogP contribution in [-0.2, 0) is 12.4 Å². The van der Waals surface area contributed by atoms with Gasteiger partial charge in [-0.05, 0) is 48.9 Å². The van der Waals surface area contributed by atoms with Crippen LogP contribution >= 0.6 is 11.6 Å². The standard InChI is InChI=1S/C27H22ClF6N5O3/c1-14-10-38(13-36-14)21-4-3-15(7-23(21)42-2)24(37-35)20-9-19(28)11-39(25(20)41)22(12-40)16-5-17(26(29,30)31)8-18(6-16)27(32,33)34/h3-11,13,22,40H,12,35H2,1-2H3/b37-24+. The molecule has 0 saturated carbocycles. The van der Waals surface area contributed by atoms with Gasteiger partial charge in [0.25, 0.3) is 5.56 Å². The molecule has 0 aliphatic heterocycles. The maximum Gasteiger partial charge on any atom is 0.416 e. The molecule has 0 aliphatic carbocycles. The third-order valence-corrected chi connectivity index (χ3v) is 6.55. The number of hydrazone groups is 1. The van der Waals surface area contributed by atoms with Crippen LogP contribution in [0.15, 0.2) is 71.1 Å². The van der Waals surface area contributed by atoms with E-state index in [4.69, 9.17) is 22.2 Å². The highest BCUT2D eigenvalue weighted by molar-refractivity contribution is 6.31. The quantitative estimate of drug-likeness (QED) is 0.127. The molecule has 222 valence electrons. The number of pyridine rings is 1. The molecule has 2 aromatic carbocycles. The van der Waals surface area contributed by atoms with E-state index in [0.29, 0.717) is 23.6 Å². The van der Waals surface area contributed by atoms with Crippen LogP contribution in [0.25, 0.3) is 5.69 Å². The molecule has 0 radical (unpaired) electrons. The van der Waals surface area contributed by atoms with Gasteiger partial charge < -0.3 is 24.8 Å². The molecule has 0 amide bonds. The van der Waals surface area contributed by atoms with Gasteiger partial charge in [-0.15, -0.1) is 0 Å². The van der Waals surface area contributed by atoms with Gasteiger partial charge in [0.2, 0.25) is 0 Å². The lowest BCUT2D eigenvalue weighted by molar-refractivity contribution is -0.143. The van der Waals surface area contributed by atoms with Crippen molar-refractivity contribution >= 4 is 17.3 Å². The summed E-state index contributed by atoms with van der Waals surface area (Å²) in [6.07, 6.45) is -5.98. The topological polar surface area (TPSA) is 108 Å². The zero-order chi connectivity index (χ0) is 31.0. The van der Waals surface area contributed by atoms with Crippen LogP contribution in [0, 0.1) is 6.92 Å². The minimum Gasteiger partial charge on any atom is -0.495 e. The van der Waals surface area contributed by atoms with Crippen molar-refractivity contribution in [2.75, 3.05) is 13.7 Å². The molecular weight excluding hydrogens is 592 g/mol.